The highest BCUT2D eigenvalue weighted by Crippen LogP contribution is 2.18. The molecule has 0 saturated carbocycles. The van der Waals surface area contributed by atoms with Gasteiger partial charge >= 0.3 is 0 Å². The van der Waals surface area contributed by atoms with E-state index in [0.29, 0.717) is 29.5 Å². The quantitative estimate of drug-likeness (QED) is 0.338. The van der Waals surface area contributed by atoms with Gasteiger partial charge in [-0.05, 0) is 29.3 Å². The summed E-state index contributed by atoms with van der Waals surface area (Å²) in [5.74, 6) is 1.49. The molecule has 0 aliphatic rings. The minimum absolute atomic E-state index is 0. The van der Waals surface area contributed by atoms with Crippen LogP contribution >= 0.6 is 24.0 Å². The van der Waals surface area contributed by atoms with Crippen LogP contribution in [0, 0.1) is 0 Å². The molecule has 0 saturated heterocycles. The Morgan fingerprint density at radius 3 is 2.24 bits per heavy atom. The van der Waals surface area contributed by atoms with E-state index in [9.17, 15) is 8.42 Å². The summed E-state index contributed by atoms with van der Waals surface area (Å²) < 4.78 is 31.5. The molecule has 0 bridgehead atoms. The first-order valence-corrected chi connectivity index (χ1v) is 10.3. The van der Waals surface area contributed by atoms with E-state index < -0.39 is 10.0 Å². The average Bonchev–Trinajstić information content (AvgIpc) is 2.69. The Bertz CT molecular complexity index is 916. The second-order valence-corrected chi connectivity index (χ2v) is 8.62. The SMILES string of the molecule is CN=C(NCc1ccccc1S(=O)(=O)N(C)C)N(C)Cc1ccc(OC)cc1.I. The molecule has 2 aromatic rings. The molecule has 29 heavy (non-hydrogen) atoms. The van der Waals surface area contributed by atoms with Crippen molar-refractivity contribution in [2.45, 2.75) is 18.0 Å². The fourth-order valence-corrected chi connectivity index (χ4v) is 3.85. The van der Waals surface area contributed by atoms with Gasteiger partial charge in [0, 0.05) is 41.3 Å². The summed E-state index contributed by atoms with van der Waals surface area (Å²) in [6.45, 7) is 1.00. The molecule has 0 amide bonds. The van der Waals surface area contributed by atoms with E-state index in [-0.39, 0.29) is 24.0 Å². The monoisotopic (exact) mass is 532 g/mol. The molecule has 160 valence electrons. The maximum Gasteiger partial charge on any atom is 0.242 e. The lowest BCUT2D eigenvalue weighted by Gasteiger charge is -2.23. The van der Waals surface area contributed by atoms with Crippen molar-refractivity contribution in [3.63, 3.8) is 0 Å². The summed E-state index contributed by atoms with van der Waals surface area (Å²) in [5, 5.41) is 3.25. The number of hydrogen-bond acceptors (Lipinski definition) is 4. The topological polar surface area (TPSA) is 74.2 Å². The Labute approximate surface area is 190 Å². The van der Waals surface area contributed by atoms with Crippen molar-refractivity contribution in [3.05, 3.63) is 59.7 Å². The molecular weight excluding hydrogens is 503 g/mol. The number of benzene rings is 2. The van der Waals surface area contributed by atoms with Crippen LogP contribution in [-0.2, 0) is 23.1 Å². The van der Waals surface area contributed by atoms with Crippen LogP contribution in [0.15, 0.2) is 58.4 Å². The van der Waals surface area contributed by atoms with E-state index in [4.69, 9.17) is 4.74 Å². The van der Waals surface area contributed by atoms with Crippen LogP contribution in [0.3, 0.4) is 0 Å². The maximum atomic E-state index is 12.5. The Hall–Kier alpha value is -1.85. The van der Waals surface area contributed by atoms with Gasteiger partial charge in [-0.3, -0.25) is 4.99 Å². The minimum atomic E-state index is -3.51. The van der Waals surface area contributed by atoms with Gasteiger partial charge in [-0.2, -0.15) is 0 Å². The second kappa shape index (κ2) is 11.4. The molecule has 0 radical (unpaired) electrons. The van der Waals surface area contributed by atoms with Gasteiger partial charge in [-0.15, -0.1) is 24.0 Å². The van der Waals surface area contributed by atoms with Crippen molar-refractivity contribution >= 4 is 40.0 Å². The van der Waals surface area contributed by atoms with E-state index in [2.05, 4.69) is 10.3 Å². The molecule has 0 heterocycles. The molecule has 7 nitrogen and oxygen atoms in total. The lowest BCUT2D eigenvalue weighted by atomic mass is 10.2. The van der Waals surface area contributed by atoms with E-state index in [0.717, 1.165) is 11.3 Å². The summed E-state index contributed by atoms with van der Waals surface area (Å²) in [6.07, 6.45) is 0. The molecule has 9 heteroatoms. The van der Waals surface area contributed by atoms with Crippen molar-refractivity contribution < 1.29 is 13.2 Å². The predicted octanol–water partition coefficient (Wildman–Crippen LogP) is 2.77. The number of rotatable bonds is 7. The summed E-state index contributed by atoms with van der Waals surface area (Å²) >= 11 is 0. The molecule has 0 atom stereocenters. The fraction of sp³-hybridized carbons (Fsp3) is 0.350. The smallest absolute Gasteiger partial charge is 0.242 e. The Morgan fingerprint density at radius 1 is 1.07 bits per heavy atom. The van der Waals surface area contributed by atoms with E-state index in [1.54, 1.807) is 32.4 Å². The second-order valence-electron chi connectivity index (χ2n) is 6.50. The Morgan fingerprint density at radius 2 is 1.69 bits per heavy atom. The fourth-order valence-electron chi connectivity index (χ4n) is 2.74. The zero-order chi connectivity index (χ0) is 20.7. The number of guanidine groups is 1. The van der Waals surface area contributed by atoms with Gasteiger partial charge in [0.1, 0.15) is 5.75 Å². The van der Waals surface area contributed by atoms with Crippen LogP contribution in [0.5, 0.6) is 5.75 Å². The van der Waals surface area contributed by atoms with Gasteiger partial charge in [-0.1, -0.05) is 30.3 Å². The van der Waals surface area contributed by atoms with Crippen molar-refractivity contribution in [2.75, 3.05) is 35.3 Å². The van der Waals surface area contributed by atoms with Crippen LogP contribution in [0.25, 0.3) is 0 Å². The number of nitrogens with one attached hydrogen (secondary N) is 1. The Kier molecular flexibility index (Phi) is 9.87. The normalized spacial score (nSPS) is 11.7. The third kappa shape index (κ3) is 6.58. The molecule has 0 spiro atoms. The molecule has 0 aliphatic heterocycles. The highest BCUT2D eigenvalue weighted by Gasteiger charge is 2.20. The number of methoxy groups -OCH3 is 1. The van der Waals surface area contributed by atoms with Crippen LogP contribution in [0.1, 0.15) is 11.1 Å². The summed E-state index contributed by atoms with van der Waals surface area (Å²) in [7, 11) is 4.82. The highest BCUT2D eigenvalue weighted by atomic mass is 127. The first kappa shape index (κ1) is 25.2. The summed E-state index contributed by atoms with van der Waals surface area (Å²) in [5.41, 5.74) is 1.80. The van der Waals surface area contributed by atoms with Crippen molar-refractivity contribution in [2.24, 2.45) is 4.99 Å². The minimum Gasteiger partial charge on any atom is -0.497 e. The lowest BCUT2D eigenvalue weighted by molar-refractivity contribution is 0.414. The van der Waals surface area contributed by atoms with Gasteiger partial charge in [0.2, 0.25) is 10.0 Å². The average molecular weight is 532 g/mol. The predicted molar refractivity (Wildman–Crippen MR) is 127 cm³/mol. The first-order valence-electron chi connectivity index (χ1n) is 8.84. The third-order valence-electron chi connectivity index (χ3n) is 4.32. The number of sulfonamides is 1. The molecule has 0 fully saturated rings. The zero-order valence-electron chi connectivity index (χ0n) is 17.4. The van der Waals surface area contributed by atoms with Crippen molar-refractivity contribution in [1.29, 1.82) is 0 Å². The van der Waals surface area contributed by atoms with Crippen LogP contribution in [0.2, 0.25) is 0 Å². The molecular formula is C20H29IN4O3S. The Balaban J connectivity index is 0.00000420. The number of ether oxygens (including phenoxy) is 1. The summed E-state index contributed by atoms with van der Waals surface area (Å²) in [6, 6.07) is 14.8. The van der Waals surface area contributed by atoms with Crippen molar-refractivity contribution in [1.82, 2.24) is 14.5 Å². The van der Waals surface area contributed by atoms with E-state index in [1.165, 1.54) is 18.4 Å². The van der Waals surface area contributed by atoms with Crippen LogP contribution in [-0.4, -0.2) is 58.9 Å². The van der Waals surface area contributed by atoms with Gasteiger partial charge in [0.15, 0.2) is 5.96 Å². The lowest BCUT2D eigenvalue weighted by Crippen LogP contribution is -2.38. The molecule has 1 N–H and O–H groups in total. The number of halogens is 1. The molecule has 2 rings (SSSR count). The largest absolute Gasteiger partial charge is 0.497 e. The van der Waals surface area contributed by atoms with Gasteiger partial charge in [-0.25, -0.2) is 12.7 Å². The van der Waals surface area contributed by atoms with Gasteiger partial charge in [0.25, 0.3) is 0 Å². The van der Waals surface area contributed by atoms with Gasteiger partial charge < -0.3 is 15.0 Å². The van der Waals surface area contributed by atoms with Crippen LogP contribution in [0.4, 0.5) is 0 Å². The van der Waals surface area contributed by atoms with Crippen LogP contribution < -0.4 is 10.1 Å². The van der Waals surface area contributed by atoms with Crippen molar-refractivity contribution in [3.8, 4) is 5.75 Å². The number of hydrogen-bond donors (Lipinski definition) is 1. The maximum absolute atomic E-state index is 12.5. The number of aliphatic imine (C=N–C) groups is 1. The molecule has 0 unspecified atom stereocenters. The van der Waals surface area contributed by atoms with Gasteiger partial charge in [0.05, 0.1) is 12.0 Å². The molecule has 2 aromatic carbocycles. The zero-order valence-corrected chi connectivity index (χ0v) is 20.6. The number of nitrogens with zero attached hydrogens (tertiary/aromatic N) is 3. The highest BCUT2D eigenvalue weighted by molar-refractivity contribution is 14.0. The molecule has 0 aliphatic carbocycles. The standard InChI is InChI=1S/C20H28N4O3S.HI/c1-21-20(24(4)15-16-10-12-18(27-5)13-11-16)22-14-17-8-6-7-9-19(17)28(25,26)23(2)3;/h6-13H,14-15H2,1-5H3,(H,21,22);1H. The third-order valence-corrected chi connectivity index (χ3v) is 6.24. The summed E-state index contributed by atoms with van der Waals surface area (Å²) in [4.78, 5) is 6.58. The molecule has 0 aromatic heterocycles. The van der Waals surface area contributed by atoms with E-state index >= 15 is 0 Å². The first-order chi connectivity index (χ1) is 13.3. The van der Waals surface area contributed by atoms with E-state index in [1.807, 2.05) is 42.3 Å².